The fourth-order valence-corrected chi connectivity index (χ4v) is 8.87. The Kier molecular flexibility index (Phi) is 23.8. The molecule has 3 aromatic carbocycles. The zero-order valence-electron chi connectivity index (χ0n) is 40.7. The summed E-state index contributed by atoms with van der Waals surface area (Å²) in [7, 11) is -9.97. The molecule has 1 heterocycles. The van der Waals surface area contributed by atoms with Crippen LogP contribution in [0.5, 0.6) is 5.75 Å². The first kappa shape index (κ1) is 60.8. The maximum atomic E-state index is 14.3. The van der Waals surface area contributed by atoms with Crippen molar-refractivity contribution >= 4 is 102 Å². The summed E-state index contributed by atoms with van der Waals surface area (Å²) in [6.07, 6.45) is 4.72. The molecule has 0 bridgehead atoms. The van der Waals surface area contributed by atoms with Crippen molar-refractivity contribution in [2.45, 2.75) is 75.3 Å². The van der Waals surface area contributed by atoms with Gasteiger partial charge in [-0.3, -0.25) is 47.5 Å². The van der Waals surface area contributed by atoms with Crippen molar-refractivity contribution in [2.75, 3.05) is 37.2 Å². The Labute approximate surface area is 441 Å². The van der Waals surface area contributed by atoms with Crippen molar-refractivity contribution in [3.05, 3.63) is 102 Å². The SMILES string of the molecule is CSCC[C@H](NC(=O)[C@H](Cc1ccc(OS(=O)(=O)O)cc1)NC(C)=O)C(=O)NCC(=O)N[C@@H](Cc1c[nH]c2ccccc12)C(=O)N[C@@H](CCSC)C(=O)N[C@@H](COS(=O)(=O)O)C(=O)N[C@@H](Cc1ccccc1)C(N)=O. The van der Waals surface area contributed by atoms with Gasteiger partial charge in [0.15, 0.2) is 0 Å². The summed E-state index contributed by atoms with van der Waals surface area (Å²) in [6.45, 7) is -0.688. The number of primary amides is 1. The van der Waals surface area contributed by atoms with Crippen LogP contribution in [-0.4, -0.2) is 152 Å². The highest BCUT2D eigenvalue weighted by Crippen LogP contribution is 2.20. The summed E-state index contributed by atoms with van der Waals surface area (Å²) >= 11 is 2.64. The molecule has 25 nitrogen and oxygen atoms in total. The van der Waals surface area contributed by atoms with Crippen LogP contribution < -0.4 is 47.1 Å². The molecule has 4 aromatic rings. The molecule has 0 aliphatic rings. The van der Waals surface area contributed by atoms with E-state index in [2.05, 4.69) is 50.6 Å². The summed E-state index contributed by atoms with van der Waals surface area (Å²) in [5.74, 6) is -6.66. The number of amides is 8. The lowest BCUT2D eigenvalue weighted by Gasteiger charge is -2.26. The van der Waals surface area contributed by atoms with E-state index in [4.69, 9.17) is 10.3 Å². The zero-order valence-corrected chi connectivity index (χ0v) is 44.0. The van der Waals surface area contributed by atoms with Crippen LogP contribution in [0.3, 0.4) is 0 Å². The second-order valence-corrected chi connectivity index (χ2v) is 20.7. The number of aromatic nitrogens is 1. The highest BCUT2D eigenvalue weighted by atomic mass is 32.3. The van der Waals surface area contributed by atoms with Gasteiger partial charge in [0, 0.05) is 43.3 Å². The fourth-order valence-electron chi connectivity index (χ4n) is 7.27. The predicted octanol–water partition coefficient (Wildman–Crippen LogP) is -0.767. The number of thioether (sulfide) groups is 2. The highest BCUT2D eigenvalue weighted by Gasteiger charge is 2.33. The molecule has 0 radical (unpaired) electrons. The van der Waals surface area contributed by atoms with Crippen LogP contribution in [-0.2, 0) is 82.6 Å². The van der Waals surface area contributed by atoms with Crippen LogP contribution in [0, 0.1) is 0 Å². The first-order valence-corrected chi connectivity index (χ1v) is 28.3. The lowest BCUT2D eigenvalue weighted by molar-refractivity contribution is -0.135. The Morgan fingerprint density at radius 3 is 1.68 bits per heavy atom. The lowest BCUT2D eigenvalue weighted by Crippen LogP contribution is -2.60. The van der Waals surface area contributed by atoms with Crippen LogP contribution >= 0.6 is 23.5 Å². The molecule has 0 spiro atoms. The Morgan fingerprint density at radius 1 is 0.600 bits per heavy atom. The van der Waals surface area contributed by atoms with Gasteiger partial charge in [0.2, 0.25) is 47.3 Å². The van der Waals surface area contributed by atoms with E-state index in [1.54, 1.807) is 73.3 Å². The summed E-state index contributed by atoms with van der Waals surface area (Å²) in [4.78, 5) is 111. The van der Waals surface area contributed by atoms with Gasteiger partial charge in [-0.1, -0.05) is 60.7 Å². The number of carbonyl (C=O) groups excluding carboxylic acids is 8. The Balaban J connectivity index is 1.53. The standard InChI is InChI=1S/C46H59N9O16S4/c1-27(56)50-37(22-29-13-15-31(16-14-29)71-75(67,68)69)44(61)52-34(17-19-72-2)42(59)49-25-40(57)51-38(23-30-24-48-33-12-8-7-11-32(30)33)45(62)53-35(18-20-73-3)43(60)55-39(26-70-74(64,65)66)46(63)54-36(41(47)58)21-28-9-5-4-6-10-28/h4-16,24,34-39,48H,17-23,25-26H2,1-3H3,(H2,47,58)(H,49,59)(H,50,56)(H,51,57)(H,52,61)(H,53,62)(H,54,63)(H,55,60)(H,64,65,66)(H,67,68,69)/t34-,35-,36-,37-,38-,39-/m0/s1. The van der Waals surface area contributed by atoms with Crippen LogP contribution in [0.25, 0.3) is 10.9 Å². The number of hydrogen-bond acceptors (Lipinski definition) is 16. The summed E-state index contributed by atoms with van der Waals surface area (Å²) in [6, 6.07) is 12.1. The number of para-hydroxylation sites is 1. The van der Waals surface area contributed by atoms with Crippen molar-refractivity contribution in [3.8, 4) is 5.75 Å². The molecule has 4 rings (SSSR count). The molecule has 6 atom stereocenters. The highest BCUT2D eigenvalue weighted by molar-refractivity contribution is 7.98. The number of carbonyl (C=O) groups is 8. The summed E-state index contributed by atoms with van der Waals surface area (Å²) in [5, 5.41) is 18.2. The number of H-pyrrole nitrogens is 1. The molecule has 0 saturated carbocycles. The quantitative estimate of drug-likeness (QED) is 0.0276. The third-order valence-electron chi connectivity index (χ3n) is 10.9. The molecular formula is C46H59N9O16S4. The molecule has 12 N–H and O–H groups in total. The van der Waals surface area contributed by atoms with Crippen molar-refractivity contribution < 1.29 is 72.7 Å². The number of rotatable bonds is 31. The molecule has 0 aliphatic carbocycles. The monoisotopic (exact) mass is 1120 g/mol. The molecule has 0 saturated heterocycles. The van der Waals surface area contributed by atoms with Gasteiger partial charge in [0.05, 0.1) is 13.2 Å². The molecule has 0 unspecified atom stereocenters. The average Bonchev–Trinajstić information content (AvgIpc) is 3.76. The first-order chi connectivity index (χ1) is 35.4. The molecule has 0 fully saturated rings. The van der Waals surface area contributed by atoms with Crippen molar-refractivity contribution in [2.24, 2.45) is 5.73 Å². The number of nitrogens with one attached hydrogen (secondary N) is 8. The molecule has 408 valence electrons. The van der Waals surface area contributed by atoms with E-state index < -0.39 is 117 Å². The Bertz CT molecular complexity index is 2860. The van der Waals surface area contributed by atoms with Crippen molar-refractivity contribution in [1.29, 1.82) is 0 Å². The van der Waals surface area contributed by atoms with Gasteiger partial charge in [-0.25, -0.2) is 4.18 Å². The third kappa shape index (κ3) is 21.6. The van der Waals surface area contributed by atoms with E-state index in [9.17, 15) is 59.7 Å². The predicted molar refractivity (Wildman–Crippen MR) is 277 cm³/mol. The van der Waals surface area contributed by atoms with Crippen molar-refractivity contribution in [1.82, 2.24) is 42.2 Å². The number of aromatic amines is 1. The minimum atomic E-state index is -5.17. The number of benzene rings is 3. The van der Waals surface area contributed by atoms with Crippen molar-refractivity contribution in [3.63, 3.8) is 0 Å². The topological polar surface area (TPSA) is 390 Å². The van der Waals surface area contributed by atoms with E-state index in [0.29, 0.717) is 33.3 Å². The second-order valence-electron chi connectivity index (χ2n) is 16.6. The summed E-state index contributed by atoms with van der Waals surface area (Å²) in [5.41, 5.74) is 7.85. The van der Waals surface area contributed by atoms with Crippen LogP contribution in [0.1, 0.15) is 36.5 Å². The average molecular weight is 1120 g/mol. The Hall–Kier alpha value is -6.76. The minimum absolute atomic E-state index is 0.0712. The molecule has 1 aromatic heterocycles. The molecule has 75 heavy (non-hydrogen) atoms. The normalized spacial score (nSPS) is 13.9. The van der Waals surface area contributed by atoms with Crippen LogP contribution in [0.4, 0.5) is 0 Å². The number of nitrogens with two attached hydrogens (primary N) is 1. The second kappa shape index (κ2) is 29.4. The smallest absolute Gasteiger partial charge is 0.368 e. The van der Waals surface area contributed by atoms with Gasteiger partial charge in [0.1, 0.15) is 42.0 Å². The van der Waals surface area contributed by atoms with Gasteiger partial charge in [-0.05, 0) is 71.7 Å². The largest absolute Gasteiger partial charge is 0.446 e. The minimum Gasteiger partial charge on any atom is -0.368 e. The van der Waals surface area contributed by atoms with Gasteiger partial charge in [0.25, 0.3) is 0 Å². The molecular weight excluding hydrogens is 1060 g/mol. The fraction of sp³-hybridized carbons (Fsp3) is 0.391. The van der Waals surface area contributed by atoms with E-state index in [-0.39, 0.29) is 43.6 Å². The van der Waals surface area contributed by atoms with E-state index >= 15 is 0 Å². The maximum Gasteiger partial charge on any atom is 0.446 e. The van der Waals surface area contributed by atoms with Gasteiger partial charge in [-0.2, -0.15) is 40.4 Å². The van der Waals surface area contributed by atoms with E-state index in [1.807, 2.05) is 0 Å². The summed E-state index contributed by atoms with van der Waals surface area (Å²) < 4.78 is 72.6. The van der Waals surface area contributed by atoms with Gasteiger partial charge >= 0.3 is 20.8 Å². The third-order valence-corrected chi connectivity index (χ3v) is 13.0. The van der Waals surface area contributed by atoms with E-state index in [0.717, 1.165) is 0 Å². The maximum absolute atomic E-state index is 14.3. The van der Waals surface area contributed by atoms with Gasteiger partial charge < -0.3 is 52.1 Å². The van der Waals surface area contributed by atoms with Crippen LogP contribution in [0.15, 0.2) is 85.1 Å². The molecule has 8 amide bonds. The molecule has 29 heteroatoms. The van der Waals surface area contributed by atoms with Crippen LogP contribution in [0.2, 0.25) is 0 Å². The molecule has 0 aliphatic heterocycles. The van der Waals surface area contributed by atoms with E-state index in [1.165, 1.54) is 54.7 Å². The number of hydrogen-bond donors (Lipinski definition) is 11. The zero-order chi connectivity index (χ0) is 55.3. The lowest BCUT2D eigenvalue weighted by atomic mass is 10.0. The van der Waals surface area contributed by atoms with Gasteiger partial charge in [-0.15, -0.1) is 0 Å². The first-order valence-electron chi connectivity index (χ1n) is 22.7. The Morgan fingerprint density at radius 2 is 1.11 bits per heavy atom. The number of fused-ring (bicyclic) bond motifs is 1.